The Bertz CT molecular complexity index is 620. The number of carbonyl (C=O) groups excluding carboxylic acids is 1. The molecule has 1 aromatic heterocycles. The normalized spacial score (nSPS) is 14.8. The largest absolute Gasteiger partial charge is 0.451 e. The van der Waals surface area contributed by atoms with E-state index < -0.39 is 0 Å². The van der Waals surface area contributed by atoms with Gasteiger partial charge in [-0.2, -0.15) is 0 Å². The first kappa shape index (κ1) is 13.2. The van der Waals surface area contributed by atoms with Gasteiger partial charge in [0.15, 0.2) is 5.76 Å². The van der Waals surface area contributed by atoms with Crippen LogP contribution in [0.4, 0.5) is 0 Å². The van der Waals surface area contributed by atoms with E-state index in [0.717, 1.165) is 18.7 Å². The van der Waals surface area contributed by atoms with Crippen LogP contribution in [0.25, 0.3) is 11.3 Å². The summed E-state index contributed by atoms with van der Waals surface area (Å²) in [4.78, 5) is 12.0. The van der Waals surface area contributed by atoms with Gasteiger partial charge in [0.2, 0.25) is 0 Å². The van der Waals surface area contributed by atoms with Gasteiger partial charge in [-0.15, -0.1) is 0 Å². The summed E-state index contributed by atoms with van der Waals surface area (Å²) in [5, 5.41) is 6.65. The van der Waals surface area contributed by atoms with Gasteiger partial charge in [0.1, 0.15) is 5.76 Å². The quantitative estimate of drug-likeness (QED) is 0.910. The molecule has 1 aliphatic rings. The predicted octanol–water partition coefficient (Wildman–Crippen LogP) is 2.55. The van der Waals surface area contributed by atoms with Crippen LogP contribution in [0.5, 0.6) is 0 Å². The molecule has 0 bridgehead atoms. The average Bonchev–Trinajstić information content (AvgIpc) is 2.87. The molecule has 2 N–H and O–H groups in total. The van der Waals surface area contributed by atoms with E-state index >= 15 is 0 Å². The van der Waals surface area contributed by atoms with Crippen molar-refractivity contribution >= 4 is 17.5 Å². The molecular weight excluding hydrogens is 276 g/mol. The Morgan fingerprint density at radius 1 is 1.30 bits per heavy atom. The third-order valence-corrected chi connectivity index (χ3v) is 3.72. The van der Waals surface area contributed by atoms with Crippen LogP contribution in [0, 0.1) is 5.92 Å². The molecule has 104 valence electrons. The van der Waals surface area contributed by atoms with Gasteiger partial charge < -0.3 is 15.1 Å². The van der Waals surface area contributed by atoms with Crippen molar-refractivity contribution in [1.29, 1.82) is 0 Å². The lowest BCUT2D eigenvalue weighted by molar-refractivity contribution is 0.0915. The zero-order chi connectivity index (χ0) is 13.9. The Kier molecular flexibility index (Phi) is 3.76. The Morgan fingerprint density at radius 2 is 2.10 bits per heavy atom. The number of halogens is 1. The summed E-state index contributed by atoms with van der Waals surface area (Å²) >= 11 is 6.11. The van der Waals surface area contributed by atoms with Crippen LogP contribution < -0.4 is 10.6 Å². The third kappa shape index (κ3) is 2.71. The summed E-state index contributed by atoms with van der Waals surface area (Å²) in [6.45, 7) is 2.60. The van der Waals surface area contributed by atoms with E-state index in [4.69, 9.17) is 16.0 Å². The molecule has 20 heavy (non-hydrogen) atoms. The first-order valence-electron chi connectivity index (χ1n) is 6.57. The second kappa shape index (κ2) is 5.69. The monoisotopic (exact) mass is 290 g/mol. The van der Waals surface area contributed by atoms with Crippen LogP contribution in [-0.4, -0.2) is 25.5 Å². The van der Waals surface area contributed by atoms with E-state index in [-0.39, 0.29) is 5.91 Å². The van der Waals surface area contributed by atoms with Crippen LogP contribution >= 0.6 is 11.6 Å². The SMILES string of the molecule is O=C(NCC1CNC1)c1ccc(-c2ccccc2Cl)o1. The van der Waals surface area contributed by atoms with Gasteiger partial charge >= 0.3 is 0 Å². The highest BCUT2D eigenvalue weighted by Gasteiger charge is 2.19. The number of nitrogens with one attached hydrogen (secondary N) is 2. The lowest BCUT2D eigenvalue weighted by Crippen LogP contribution is -2.48. The molecule has 1 aliphatic heterocycles. The molecule has 1 aromatic carbocycles. The van der Waals surface area contributed by atoms with Crippen LogP contribution in [-0.2, 0) is 0 Å². The van der Waals surface area contributed by atoms with E-state index in [0.29, 0.717) is 29.0 Å². The molecular formula is C15H15ClN2O2. The maximum Gasteiger partial charge on any atom is 0.287 e. The summed E-state index contributed by atoms with van der Waals surface area (Å²) in [6.07, 6.45) is 0. The van der Waals surface area contributed by atoms with Crippen molar-refractivity contribution in [3.63, 3.8) is 0 Å². The molecule has 0 aliphatic carbocycles. The van der Waals surface area contributed by atoms with Gasteiger partial charge in [0.05, 0.1) is 5.02 Å². The van der Waals surface area contributed by atoms with E-state index in [9.17, 15) is 4.79 Å². The minimum absolute atomic E-state index is 0.185. The van der Waals surface area contributed by atoms with Gasteiger partial charge in [0.25, 0.3) is 5.91 Å². The maximum absolute atomic E-state index is 12.0. The van der Waals surface area contributed by atoms with Crippen LogP contribution in [0.2, 0.25) is 5.02 Å². The van der Waals surface area contributed by atoms with Crippen molar-refractivity contribution in [3.8, 4) is 11.3 Å². The van der Waals surface area contributed by atoms with Crippen molar-refractivity contribution < 1.29 is 9.21 Å². The molecule has 0 saturated carbocycles. The fourth-order valence-electron chi connectivity index (χ4n) is 2.08. The topological polar surface area (TPSA) is 54.3 Å². The number of carbonyl (C=O) groups is 1. The molecule has 0 radical (unpaired) electrons. The second-order valence-corrected chi connectivity index (χ2v) is 5.29. The maximum atomic E-state index is 12.0. The molecule has 0 atom stereocenters. The van der Waals surface area contributed by atoms with Gasteiger partial charge in [-0.05, 0) is 24.3 Å². The smallest absolute Gasteiger partial charge is 0.287 e. The van der Waals surface area contributed by atoms with E-state index in [2.05, 4.69) is 10.6 Å². The van der Waals surface area contributed by atoms with Crippen molar-refractivity contribution in [3.05, 3.63) is 47.2 Å². The zero-order valence-electron chi connectivity index (χ0n) is 10.9. The molecule has 3 rings (SSSR count). The highest BCUT2D eigenvalue weighted by Crippen LogP contribution is 2.28. The Labute approximate surface area is 122 Å². The number of rotatable bonds is 4. The first-order valence-corrected chi connectivity index (χ1v) is 6.95. The molecule has 1 fully saturated rings. The Hall–Kier alpha value is -1.78. The van der Waals surface area contributed by atoms with E-state index in [1.54, 1.807) is 18.2 Å². The lowest BCUT2D eigenvalue weighted by Gasteiger charge is -2.26. The minimum Gasteiger partial charge on any atom is -0.451 e. The Morgan fingerprint density at radius 3 is 2.80 bits per heavy atom. The molecule has 5 heteroatoms. The fraction of sp³-hybridized carbons (Fsp3) is 0.267. The predicted molar refractivity (Wildman–Crippen MR) is 77.8 cm³/mol. The number of furan rings is 1. The van der Waals surface area contributed by atoms with Crippen molar-refractivity contribution in [2.75, 3.05) is 19.6 Å². The molecule has 2 aromatic rings. The molecule has 0 unspecified atom stereocenters. The van der Waals surface area contributed by atoms with Gasteiger partial charge in [0, 0.05) is 31.1 Å². The number of benzene rings is 1. The fourth-order valence-corrected chi connectivity index (χ4v) is 2.31. The number of amides is 1. The standard InChI is InChI=1S/C15H15ClN2O2/c16-12-4-2-1-3-11(12)13-5-6-14(20-13)15(19)18-9-10-7-17-8-10/h1-6,10,17H,7-9H2,(H,18,19). The summed E-state index contributed by atoms with van der Waals surface area (Å²) in [6, 6.07) is 10.8. The first-order chi connectivity index (χ1) is 9.74. The second-order valence-electron chi connectivity index (χ2n) is 4.88. The summed E-state index contributed by atoms with van der Waals surface area (Å²) in [5.74, 6) is 1.26. The zero-order valence-corrected chi connectivity index (χ0v) is 11.6. The average molecular weight is 291 g/mol. The number of hydrogen-bond donors (Lipinski definition) is 2. The molecule has 0 spiro atoms. The van der Waals surface area contributed by atoms with Gasteiger partial charge in [-0.25, -0.2) is 0 Å². The lowest BCUT2D eigenvalue weighted by atomic mass is 10.0. The third-order valence-electron chi connectivity index (χ3n) is 3.39. The van der Waals surface area contributed by atoms with E-state index in [1.807, 2.05) is 18.2 Å². The highest BCUT2D eigenvalue weighted by atomic mass is 35.5. The summed E-state index contributed by atoms with van der Waals surface area (Å²) < 4.78 is 5.58. The van der Waals surface area contributed by atoms with Crippen LogP contribution in [0.3, 0.4) is 0 Å². The summed E-state index contributed by atoms with van der Waals surface area (Å²) in [7, 11) is 0. The van der Waals surface area contributed by atoms with Crippen molar-refractivity contribution in [1.82, 2.24) is 10.6 Å². The van der Waals surface area contributed by atoms with E-state index in [1.165, 1.54) is 0 Å². The van der Waals surface area contributed by atoms with Crippen molar-refractivity contribution in [2.45, 2.75) is 0 Å². The molecule has 4 nitrogen and oxygen atoms in total. The van der Waals surface area contributed by atoms with Crippen molar-refractivity contribution in [2.24, 2.45) is 5.92 Å². The van der Waals surface area contributed by atoms with Crippen LogP contribution in [0.1, 0.15) is 10.6 Å². The van der Waals surface area contributed by atoms with Gasteiger partial charge in [-0.1, -0.05) is 23.7 Å². The molecule has 1 saturated heterocycles. The molecule has 1 amide bonds. The van der Waals surface area contributed by atoms with Gasteiger partial charge in [-0.3, -0.25) is 4.79 Å². The number of hydrogen-bond acceptors (Lipinski definition) is 3. The van der Waals surface area contributed by atoms with Crippen LogP contribution in [0.15, 0.2) is 40.8 Å². The minimum atomic E-state index is -0.185. The highest BCUT2D eigenvalue weighted by molar-refractivity contribution is 6.33. The summed E-state index contributed by atoms with van der Waals surface area (Å²) in [5.41, 5.74) is 0.788. The Balaban J connectivity index is 1.69. The molecule has 2 heterocycles.